The van der Waals surface area contributed by atoms with E-state index in [1.807, 2.05) is 0 Å². The molecule has 1 fully saturated rings. The molecular formula is C8H14O6S. The lowest BCUT2D eigenvalue weighted by Crippen LogP contribution is -2.50. The summed E-state index contributed by atoms with van der Waals surface area (Å²) in [6.07, 6.45) is -3.69. The summed E-state index contributed by atoms with van der Waals surface area (Å²) in [5.41, 5.74) is 0. The summed E-state index contributed by atoms with van der Waals surface area (Å²) in [4.78, 5) is 10.7. The van der Waals surface area contributed by atoms with E-state index in [1.165, 1.54) is 0 Å². The van der Waals surface area contributed by atoms with Gasteiger partial charge in [0.2, 0.25) is 0 Å². The van der Waals surface area contributed by atoms with Gasteiger partial charge in [0.1, 0.15) is 5.25 Å². The number of hydrogen-bond acceptors (Lipinski definition) is 6. The van der Waals surface area contributed by atoms with Gasteiger partial charge in [0, 0.05) is 0 Å². The van der Waals surface area contributed by atoms with E-state index < -0.39 is 41.4 Å². The van der Waals surface area contributed by atoms with Crippen LogP contribution in [0.1, 0.15) is 6.42 Å². The van der Waals surface area contributed by atoms with Crippen LogP contribution in [0.3, 0.4) is 0 Å². The Morgan fingerprint density at radius 3 is 2.53 bits per heavy atom. The minimum atomic E-state index is -1.23. The van der Waals surface area contributed by atoms with Crippen molar-refractivity contribution in [2.75, 3.05) is 6.61 Å². The standard InChI is InChI=1S/C8H14O6S/c9-2-4(11)7-6(12)3(10)1-5(15-7)8(13)14/h3-7,9-12H,1-2H2,(H,13,14)/t3?,4?,5?,6-,7?/m1/s1. The maximum atomic E-state index is 10.7. The van der Waals surface area contributed by atoms with Gasteiger partial charge in [-0.15, -0.1) is 11.8 Å². The van der Waals surface area contributed by atoms with Crippen molar-refractivity contribution in [2.24, 2.45) is 0 Å². The van der Waals surface area contributed by atoms with E-state index in [9.17, 15) is 20.1 Å². The molecule has 0 aliphatic carbocycles. The smallest absolute Gasteiger partial charge is 0.316 e. The third kappa shape index (κ3) is 2.82. The normalized spacial score (nSPS) is 38.7. The molecule has 0 bridgehead atoms. The average Bonchev–Trinajstić information content (AvgIpc) is 2.20. The van der Waals surface area contributed by atoms with Gasteiger partial charge in [-0.2, -0.15) is 0 Å². The van der Waals surface area contributed by atoms with Crippen LogP contribution in [-0.4, -0.2) is 66.9 Å². The van der Waals surface area contributed by atoms with Gasteiger partial charge in [0.05, 0.1) is 30.2 Å². The van der Waals surface area contributed by atoms with Crippen LogP contribution >= 0.6 is 11.8 Å². The molecule has 5 N–H and O–H groups in total. The van der Waals surface area contributed by atoms with E-state index in [4.69, 9.17) is 10.2 Å². The zero-order valence-electron chi connectivity index (χ0n) is 7.85. The van der Waals surface area contributed by atoms with Crippen molar-refractivity contribution in [1.29, 1.82) is 0 Å². The highest BCUT2D eigenvalue weighted by Gasteiger charge is 2.42. The fraction of sp³-hybridized carbons (Fsp3) is 0.875. The van der Waals surface area contributed by atoms with Crippen LogP contribution in [0.25, 0.3) is 0 Å². The van der Waals surface area contributed by atoms with Crippen LogP contribution in [-0.2, 0) is 4.79 Å². The summed E-state index contributed by atoms with van der Waals surface area (Å²) in [5, 5.41) is 44.0. The van der Waals surface area contributed by atoms with Gasteiger partial charge in [-0.3, -0.25) is 4.79 Å². The second-order valence-corrected chi connectivity index (χ2v) is 4.86. The Labute approximate surface area is 90.5 Å². The molecule has 88 valence electrons. The Hall–Kier alpha value is -0.340. The molecule has 5 atom stereocenters. The van der Waals surface area contributed by atoms with Crippen LogP contribution in [0.15, 0.2) is 0 Å². The van der Waals surface area contributed by atoms with Crippen molar-refractivity contribution in [2.45, 2.75) is 35.2 Å². The number of carboxylic acids is 1. The first-order valence-electron chi connectivity index (χ1n) is 4.50. The Balaban J connectivity index is 2.72. The lowest BCUT2D eigenvalue weighted by molar-refractivity contribution is -0.137. The first kappa shape index (κ1) is 12.7. The van der Waals surface area contributed by atoms with Crippen molar-refractivity contribution < 1.29 is 30.3 Å². The lowest BCUT2D eigenvalue weighted by Gasteiger charge is -2.36. The van der Waals surface area contributed by atoms with E-state index in [-0.39, 0.29) is 6.42 Å². The van der Waals surface area contributed by atoms with Gasteiger partial charge in [0.25, 0.3) is 0 Å². The molecule has 0 spiro atoms. The molecule has 7 heteroatoms. The molecule has 0 saturated carbocycles. The van der Waals surface area contributed by atoms with Gasteiger partial charge in [0.15, 0.2) is 0 Å². The Morgan fingerprint density at radius 2 is 2.07 bits per heavy atom. The molecule has 1 aliphatic heterocycles. The SMILES string of the molecule is O=C(O)C1CC(O)[C@@H](O)C(C(O)CO)S1. The van der Waals surface area contributed by atoms with Crippen LogP contribution in [0.5, 0.6) is 0 Å². The van der Waals surface area contributed by atoms with Crippen molar-refractivity contribution in [1.82, 2.24) is 0 Å². The first-order valence-corrected chi connectivity index (χ1v) is 5.45. The summed E-state index contributed by atoms with van der Waals surface area (Å²) in [5.74, 6) is -1.10. The van der Waals surface area contributed by atoms with E-state index in [0.717, 1.165) is 11.8 Å². The summed E-state index contributed by atoms with van der Waals surface area (Å²) in [6.45, 7) is -0.576. The maximum Gasteiger partial charge on any atom is 0.316 e. The summed E-state index contributed by atoms with van der Waals surface area (Å²) < 4.78 is 0. The third-order valence-electron chi connectivity index (χ3n) is 2.35. The number of carbonyl (C=O) groups is 1. The van der Waals surface area contributed by atoms with Crippen LogP contribution < -0.4 is 0 Å². The molecule has 15 heavy (non-hydrogen) atoms. The van der Waals surface area contributed by atoms with Gasteiger partial charge in [-0.05, 0) is 6.42 Å². The number of aliphatic carboxylic acids is 1. The van der Waals surface area contributed by atoms with Gasteiger partial charge in [-0.1, -0.05) is 0 Å². The largest absolute Gasteiger partial charge is 0.480 e. The van der Waals surface area contributed by atoms with Crippen LogP contribution in [0.4, 0.5) is 0 Å². The molecule has 1 aliphatic rings. The van der Waals surface area contributed by atoms with Crippen molar-refractivity contribution in [3.05, 3.63) is 0 Å². The topological polar surface area (TPSA) is 118 Å². The monoisotopic (exact) mass is 238 g/mol. The van der Waals surface area contributed by atoms with Gasteiger partial charge < -0.3 is 25.5 Å². The quantitative estimate of drug-likeness (QED) is 0.386. The van der Waals surface area contributed by atoms with Crippen molar-refractivity contribution in [3.63, 3.8) is 0 Å². The molecule has 1 rings (SSSR count). The number of carboxylic acid groups (broad SMARTS) is 1. The number of aliphatic hydroxyl groups excluding tert-OH is 4. The number of rotatable bonds is 3. The number of aliphatic hydroxyl groups is 4. The maximum absolute atomic E-state index is 10.7. The Morgan fingerprint density at radius 1 is 1.47 bits per heavy atom. The zero-order chi connectivity index (χ0) is 11.6. The molecule has 1 saturated heterocycles. The van der Waals surface area contributed by atoms with Gasteiger partial charge in [-0.25, -0.2) is 0 Å². The predicted octanol–water partition coefficient (Wildman–Crippen LogP) is -1.98. The molecule has 0 aromatic rings. The van der Waals surface area contributed by atoms with Gasteiger partial charge >= 0.3 is 5.97 Å². The highest BCUT2D eigenvalue weighted by atomic mass is 32.2. The molecule has 6 nitrogen and oxygen atoms in total. The van der Waals surface area contributed by atoms with Crippen LogP contribution in [0, 0.1) is 0 Å². The highest BCUT2D eigenvalue weighted by Crippen LogP contribution is 2.34. The minimum Gasteiger partial charge on any atom is -0.480 e. The molecule has 0 aromatic heterocycles. The van der Waals surface area contributed by atoms with E-state index in [0.29, 0.717) is 0 Å². The first-order chi connectivity index (χ1) is 6.97. The number of thioether (sulfide) groups is 1. The molecule has 0 aromatic carbocycles. The van der Waals surface area contributed by atoms with E-state index in [2.05, 4.69) is 0 Å². The third-order valence-corrected chi connectivity index (χ3v) is 3.98. The molecule has 4 unspecified atom stereocenters. The second kappa shape index (κ2) is 5.13. The number of hydrogen-bond donors (Lipinski definition) is 5. The summed E-state index contributed by atoms with van der Waals surface area (Å²) >= 11 is 0.865. The molecule has 0 radical (unpaired) electrons. The van der Waals surface area contributed by atoms with Crippen molar-refractivity contribution in [3.8, 4) is 0 Å². The van der Waals surface area contributed by atoms with E-state index >= 15 is 0 Å². The lowest BCUT2D eigenvalue weighted by atomic mass is 10.0. The zero-order valence-corrected chi connectivity index (χ0v) is 8.67. The highest BCUT2D eigenvalue weighted by molar-refractivity contribution is 8.01. The predicted molar refractivity (Wildman–Crippen MR) is 52.5 cm³/mol. The van der Waals surface area contributed by atoms with Crippen LogP contribution in [0.2, 0.25) is 0 Å². The molecule has 0 amide bonds. The summed E-state index contributed by atoms with van der Waals surface area (Å²) in [6, 6.07) is 0. The van der Waals surface area contributed by atoms with E-state index in [1.54, 1.807) is 0 Å². The minimum absolute atomic E-state index is 0.0597. The average molecular weight is 238 g/mol. The molecular weight excluding hydrogens is 224 g/mol. The summed E-state index contributed by atoms with van der Waals surface area (Å²) in [7, 11) is 0. The Bertz CT molecular complexity index is 235. The fourth-order valence-electron chi connectivity index (χ4n) is 1.48. The Kier molecular flexibility index (Phi) is 4.35. The second-order valence-electron chi connectivity index (χ2n) is 3.47. The molecule has 1 heterocycles. The fourth-order valence-corrected chi connectivity index (χ4v) is 2.90. The van der Waals surface area contributed by atoms with Crippen molar-refractivity contribution >= 4 is 17.7 Å².